The Labute approximate surface area is 184 Å². The van der Waals surface area contributed by atoms with Crippen molar-refractivity contribution in [2.45, 2.75) is 26.2 Å². The first-order valence-electron chi connectivity index (χ1n) is 9.69. The van der Waals surface area contributed by atoms with Crippen LogP contribution in [0.2, 0.25) is 10.0 Å². The van der Waals surface area contributed by atoms with E-state index in [0.29, 0.717) is 33.1 Å². The van der Waals surface area contributed by atoms with E-state index < -0.39 is 5.97 Å². The zero-order valence-corrected chi connectivity index (χ0v) is 17.8. The average Bonchev–Trinajstić information content (AvgIpc) is 3.22. The maximum absolute atomic E-state index is 11.8. The van der Waals surface area contributed by atoms with Gasteiger partial charge in [0.1, 0.15) is 11.5 Å². The summed E-state index contributed by atoms with van der Waals surface area (Å²) in [7, 11) is 0. The van der Waals surface area contributed by atoms with Crippen LogP contribution in [0.5, 0.6) is 0 Å². The molecule has 0 fully saturated rings. The van der Waals surface area contributed by atoms with E-state index in [1.54, 1.807) is 18.2 Å². The topological polar surface area (TPSA) is 63.3 Å². The minimum atomic E-state index is -1.09. The molecule has 0 saturated heterocycles. The van der Waals surface area contributed by atoms with Crippen molar-refractivity contribution in [3.63, 3.8) is 0 Å². The van der Waals surface area contributed by atoms with Gasteiger partial charge in [-0.25, -0.2) is 9.78 Å². The second-order valence-electron chi connectivity index (χ2n) is 7.11. The molecule has 0 radical (unpaired) electrons. The maximum atomic E-state index is 11.8. The number of nitrogens with zero attached hydrogens (tertiary/aromatic N) is 1. The number of carbonyl (C=O) groups is 1. The maximum Gasteiger partial charge on any atom is 0.336 e. The number of rotatable bonds is 6. The highest BCUT2D eigenvalue weighted by molar-refractivity contribution is 6.38. The van der Waals surface area contributed by atoms with Crippen LogP contribution in [-0.4, -0.2) is 16.1 Å². The van der Waals surface area contributed by atoms with Gasteiger partial charge in [-0.3, -0.25) is 0 Å². The number of carboxylic acids is 1. The number of benzene rings is 2. The van der Waals surface area contributed by atoms with Crippen molar-refractivity contribution < 1.29 is 14.3 Å². The Morgan fingerprint density at radius 3 is 2.47 bits per heavy atom. The van der Waals surface area contributed by atoms with Gasteiger partial charge in [-0.1, -0.05) is 60.8 Å². The fourth-order valence-corrected chi connectivity index (χ4v) is 3.94. The summed E-state index contributed by atoms with van der Waals surface area (Å²) in [5.74, 6) is 0.0694. The first-order chi connectivity index (χ1) is 14.5. The predicted octanol–water partition coefficient (Wildman–Crippen LogP) is 7.51. The Morgan fingerprint density at radius 2 is 1.77 bits per heavy atom. The van der Waals surface area contributed by atoms with Gasteiger partial charge in [-0.05, 0) is 48.7 Å². The molecule has 0 aliphatic carbocycles. The smallest absolute Gasteiger partial charge is 0.336 e. The molecule has 0 saturated carbocycles. The van der Waals surface area contributed by atoms with Gasteiger partial charge < -0.3 is 9.52 Å². The molecule has 2 aromatic carbocycles. The average molecular weight is 440 g/mol. The molecule has 0 unspecified atom stereocenters. The standard InChI is InChI=1S/C24H19Cl2NO3/c1-2-3-4-14-5-7-15(8-6-14)21-9-10-22(30-21)20-13-18(24(28)29)17-11-16(25)12-19(26)23(17)27-20/h5-13H,2-4H2,1H3,(H,28,29). The minimum Gasteiger partial charge on any atom is -0.478 e. The SMILES string of the molecule is CCCCc1ccc(-c2ccc(-c3cc(C(=O)O)c4cc(Cl)cc(Cl)c4n3)o2)cc1. The molecule has 4 nitrogen and oxygen atoms in total. The molecule has 6 heteroatoms. The van der Waals surface area contributed by atoms with Gasteiger partial charge in [0, 0.05) is 16.0 Å². The summed E-state index contributed by atoms with van der Waals surface area (Å²) in [6, 6.07) is 16.5. The molecule has 1 N–H and O–H groups in total. The Morgan fingerprint density at radius 1 is 1.03 bits per heavy atom. The van der Waals surface area contributed by atoms with Crippen molar-refractivity contribution in [1.29, 1.82) is 0 Å². The number of aromatic nitrogens is 1. The first-order valence-corrected chi connectivity index (χ1v) is 10.4. The van der Waals surface area contributed by atoms with Crippen LogP contribution in [0.4, 0.5) is 0 Å². The van der Waals surface area contributed by atoms with Gasteiger partial charge >= 0.3 is 5.97 Å². The summed E-state index contributed by atoms with van der Waals surface area (Å²) >= 11 is 12.3. The van der Waals surface area contributed by atoms with Gasteiger partial charge in [0.05, 0.1) is 16.1 Å². The highest BCUT2D eigenvalue weighted by Gasteiger charge is 2.17. The molecule has 4 rings (SSSR count). The first kappa shape index (κ1) is 20.5. The number of carboxylic acid groups (broad SMARTS) is 1. The van der Waals surface area contributed by atoms with E-state index in [-0.39, 0.29) is 10.6 Å². The number of hydrogen-bond donors (Lipinski definition) is 1. The van der Waals surface area contributed by atoms with Crippen LogP contribution in [-0.2, 0) is 6.42 Å². The normalized spacial score (nSPS) is 11.2. The molecule has 0 bridgehead atoms. The van der Waals surface area contributed by atoms with Crippen LogP contribution in [0.15, 0.2) is 59.0 Å². The van der Waals surface area contributed by atoms with E-state index in [1.165, 1.54) is 11.6 Å². The molecule has 152 valence electrons. The lowest BCUT2D eigenvalue weighted by Crippen LogP contribution is -2.00. The summed E-state index contributed by atoms with van der Waals surface area (Å²) in [6.07, 6.45) is 3.39. The summed E-state index contributed by atoms with van der Waals surface area (Å²) in [4.78, 5) is 16.3. The van der Waals surface area contributed by atoms with Gasteiger partial charge in [-0.2, -0.15) is 0 Å². The van der Waals surface area contributed by atoms with Crippen molar-refractivity contribution in [3.05, 3.63) is 75.8 Å². The summed E-state index contributed by atoms with van der Waals surface area (Å²) in [5, 5.41) is 10.7. The number of halogens is 2. The number of furan rings is 1. The van der Waals surface area contributed by atoms with Gasteiger partial charge in [-0.15, -0.1) is 0 Å². The summed E-state index contributed by atoms with van der Waals surface area (Å²) in [5.41, 5.74) is 3.08. The Balaban J connectivity index is 1.73. The number of hydrogen-bond acceptors (Lipinski definition) is 3. The van der Waals surface area contributed by atoms with Gasteiger partial charge in [0.25, 0.3) is 0 Å². The zero-order valence-electron chi connectivity index (χ0n) is 16.3. The highest BCUT2D eigenvalue weighted by Crippen LogP contribution is 2.34. The molecule has 0 amide bonds. The molecule has 4 aromatic rings. The van der Waals surface area contributed by atoms with E-state index in [1.807, 2.05) is 18.2 Å². The lowest BCUT2D eigenvalue weighted by atomic mass is 10.1. The van der Waals surface area contributed by atoms with Gasteiger partial charge in [0.2, 0.25) is 0 Å². The monoisotopic (exact) mass is 439 g/mol. The molecular formula is C24H19Cl2NO3. The van der Waals surface area contributed by atoms with Crippen LogP contribution in [0.1, 0.15) is 35.7 Å². The van der Waals surface area contributed by atoms with Crippen molar-refractivity contribution in [2.24, 2.45) is 0 Å². The molecule has 0 aliphatic rings. The number of aromatic carboxylic acids is 1. The van der Waals surface area contributed by atoms with Crippen LogP contribution < -0.4 is 0 Å². The lowest BCUT2D eigenvalue weighted by Gasteiger charge is -2.08. The van der Waals surface area contributed by atoms with Crippen LogP contribution in [0, 0.1) is 0 Å². The van der Waals surface area contributed by atoms with E-state index >= 15 is 0 Å². The molecular weight excluding hydrogens is 421 g/mol. The Bertz CT molecular complexity index is 1230. The number of aryl methyl sites for hydroxylation is 1. The molecule has 0 atom stereocenters. The fourth-order valence-electron chi connectivity index (χ4n) is 3.40. The van der Waals surface area contributed by atoms with E-state index in [4.69, 9.17) is 27.6 Å². The number of fused-ring (bicyclic) bond motifs is 1. The zero-order chi connectivity index (χ0) is 21.3. The second-order valence-corrected chi connectivity index (χ2v) is 7.95. The Kier molecular flexibility index (Phi) is 5.80. The van der Waals surface area contributed by atoms with Crippen molar-refractivity contribution in [3.8, 4) is 22.8 Å². The van der Waals surface area contributed by atoms with Crippen molar-refractivity contribution in [1.82, 2.24) is 4.98 Å². The second kappa shape index (κ2) is 8.50. The third kappa shape index (κ3) is 4.07. The fraction of sp³-hybridized carbons (Fsp3) is 0.167. The Hall–Kier alpha value is -2.82. The van der Waals surface area contributed by atoms with Crippen molar-refractivity contribution in [2.75, 3.05) is 0 Å². The number of pyridine rings is 1. The molecule has 2 heterocycles. The predicted molar refractivity (Wildman–Crippen MR) is 120 cm³/mol. The quantitative estimate of drug-likeness (QED) is 0.337. The molecule has 30 heavy (non-hydrogen) atoms. The van der Waals surface area contributed by atoms with E-state index in [9.17, 15) is 9.90 Å². The molecule has 0 spiro atoms. The van der Waals surface area contributed by atoms with E-state index in [0.717, 1.165) is 24.8 Å². The summed E-state index contributed by atoms with van der Waals surface area (Å²) in [6.45, 7) is 2.18. The lowest BCUT2D eigenvalue weighted by molar-refractivity contribution is 0.0699. The third-order valence-corrected chi connectivity index (χ3v) is 5.48. The van der Waals surface area contributed by atoms with Crippen LogP contribution in [0.25, 0.3) is 33.7 Å². The van der Waals surface area contributed by atoms with Crippen LogP contribution in [0.3, 0.4) is 0 Å². The van der Waals surface area contributed by atoms with Crippen LogP contribution >= 0.6 is 23.2 Å². The number of unbranched alkanes of at least 4 members (excludes halogenated alkanes) is 1. The third-order valence-electron chi connectivity index (χ3n) is 4.98. The van der Waals surface area contributed by atoms with E-state index in [2.05, 4.69) is 24.0 Å². The van der Waals surface area contributed by atoms with Crippen molar-refractivity contribution >= 4 is 40.1 Å². The van der Waals surface area contributed by atoms with Gasteiger partial charge in [0.15, 0.2) is 5.76 Å². The minimum absolute atomic E-state index is 0.0672. The highest BCUT2D eigenvalue weighted by atomic mass is 35.5. The summed E-state index contributed by atoms with van der Waals surface area (Å²) < 4.78 is 6.00. The molecule has 0 aliphatic heterocycles. The molecule has 2 aromatic heterocycles. The largest absolute Gasteiger partial charge is 0.478 e.